The fraction of sp³-hybridized carbons (Fsp3) is 0.500. The average molecular weight is 319 g/mol. The van der Waals surface area contributed by atoms with Gasteiger partial charge in [0, 0.05) is 17.7 Å². The minimum absolute atomic E-state index is 0.0498. The highest BCUT2D eigenvalue weighted by Crippen LogP contribution is 2.25. The van der Waals surface area contributed by atoms with Crippen molar-refractivity contribution in [2.75, 3.05) is 11.9 Å². The minimum atomic E-state index is -0.917. The Hall–Kier alpha value is -1.40. The lowest BCUT2D eigenvalue weighted by Crippen LogP contribution is -2.40. The van der Waals surface area contributed by atoms with Crippen LogP contribution in [-0.4, -0.2) is 23.8 Å². The monoisotopic (exact) mass is 318 g/mol. The molecule has 116 valence electrons. The van der Waals surface area contributed by atoms with E-state index in [0.29, 0.717) is 0 Å². The van der Waals surface area contributed by atoms with Crippen molar-refractivity contribution in [2.45, 2.75) is 31.7 Å². The second-order valence-electron chi connectivity index (χ2n) is 5.24. The Bertz CT molecular complexity index is 497. The largest absolute Gasteiger partial charge is 0.396 e. The molecule has 0 radical (unpaired) electrons. The zero-order valence-electron chi connectivity index (χ0n) is 11.3. The summed E-state index contributed by atoms with van der Waals surface area (Å²) in [6, 6.07) is 1.17. The summed E-state index contributed by atoms with van der Waals surface area (Å²) in [5, 5.41) is 13.8. The van der Waals surface area contributed by atoms with E-state index in [-0.39, 0.29) is 23.6 Å². The number of rotatable bonds is 3. The standard InChI is InChI=1S/C14H17ClF2N2O2/c15-9-5-11(16)13(12(17)6-9)19-14(21)18-10-3-1-8(7-20)2-4-10/h5-6,8,10,20H,1-4,7H2,(H2,18,19,21). The first-order chi connectivity index (χ1) is 9.99. The van der Waals surface area contributed by atoms with Crippen molar-refractivity contribution in [3.63, 3.8) is 0 Å². The first kappa shape index (κ1) is 16.0. The predicted octanol–water partition coefficient (Wildman–Crippen LogP) is 3.29. The van der Waals surface area contributed by atoms with E-state index in [2.05, 4.69) is 10.6 Å². The number of hydrogen-bond donors (Lipinski definition) is 3. The zero-order chi connectivity index (χ0) is 15.4. The zero-order valence-corrected chi connectivity index (χ0v) is 12.1. The summed E-state index contributed by atoms with van der Waals surface area (Å²) in [5.41, 5.74) is -0.513. The third-order valence-electron chi connectivity index (χ3n) is 3.69. The molecule has 0 bridgehead atoms. The van der Waals surface area contributed by atoms with E-state index < -0.39 is 23.4 Å². The van der Waals surface area contributed by atoms with E-state index in [1.54, 1.807) is 0 Å². The van der Waals surface area contributed by atoms with Gasteiger partial charge in [0.25, 0.3) is 0 Å². The second-order valence-corrected chi connectivity index (χ2v) is 5.68. The molecule has 3 N–H and O–H groups in total. The smallest absolute Gasteiger partial charge is 0.319 e. The molecule has 4 nitrogen and oxygen atoms in total. The number of amides is 2. The number of urea groups is 1. The number of carbonyl (C=O) groups is 1. The number of hydrogen-bond acceptors (Lipinski definition) is 2. The SMILES string of the molecule is O=C(Nc1c(F)cc(Cl)cc1F)NC1CCC(CO)CC1. The molecule has 2 rings (SSSR count). The van der Waals surface area contributed by atoms with Crippen LogP contribution in [0.1, 0.15) is 25.7 Å². The van der Waals surface area contributed by atoms with Gasteiger partial charge in [-0.1, -0.05) is 11.6 Å². The van der Waals surface area contributed by atoms with Crippen LogP contribution in [0, 0.1) is 17.6 Å². The van der Waals surface area contributed by atoms with E-state index in [1.807, 2.05) is 0 Å². The number of aliphatic hydroxyl groups excluding tert-OH is 1. The van der Waals surface area contributed by atoms with Crippen molar-refractivity contribution in [2.24, 2.45) is 5.92 Å². The molecule has 0 aromatic heterocycles. The third kappa shape index (κ3) is 4.28. The summed E-state index contributed by atoms with van der Waals surface area (Å²) in [6.07, 6.45) is 3.13. The van der Waals surface area contributed by atoms with Crippen molar-refractivity contribution in [3.05, 3.63) is 28.8 Å². The van der Waals surface area contributed by atoms with Crippen LogP contribution in [0.2, 0.25) is 5.02 Å². The first-order valence-corrected chi connectivity index (χ1v) is 7.20. The summed E-state index contributed by atoms with van der Waals surface area (Å²) in [4.78, 5) is 11.8. The van der Waals surface area contributed by atoms with Gasteiger partial charge in [0.15, 0.2) is 11.6 Å². The predicted molar refractivity (Wildman–Crippen MR) is 76.4 cm³/mol. The maximum atomic E-state index is 13.6. The van der Waals surface area contributed by atoms with Crippen molar-refractivity contribution in [1.29, 1.82) is 0 Å². The summed E-state index contributed by atoms with van der Waals surface area (Å²) >= 11 is 5.51. The molecule has 1 aromatic rings. The Morgan fingerprint density at radius 3 is 2.33 bits per heavy atom. The number of halogens is 3. The van der Waals surface area contributed by atoms with Gasteiger partial charge in [0.05, 0.1) is 0 Å². The lowest BCUT2D eigenvalue weighted by molar-refractivity contribution is 0.176. The number of benzene rings is 1. The molecule has 0 spiro atoms. The molecule has 0 atom stereocenters. The topological polar surface area (TPSA) is 61.4 Å². The molecule has 21 heavy (non-hydrogen) atoms. The number of anilines is 1. The Morgan fingerprint density at radius 2 is 1.81 bits per heavy atom. The fourth-order valence-electron chi connectivity index (χ4n) is 2.49. The van der Waals surface area contributed by atoms with Crippen molar-refractivity contribution < 1.29 is 18.7 Å². The number of aliphatic hydroxyl groups is 1. The molecule has 1 saturated carbocycles. The Kier molecular flexibility index (Phi) is 5.36. The highest BCUT2D eigenvalue weighted by atomic mass is 35.5. The lowest BCUT2D eigenvalue weighted by atomic mass is 9.87. The van der Waals surface area contributed by atoms with E-state index >= 15 is 0 Å². The Balaban J connectivity index is 1.91. The maximum absolute atomic E-state index is 13.6. The van der Waals surface area contributed by atoms with E-state index in [1.165, 1.54) is 0 Å². The normalized spacial score (nSPS) is 21.9. The van der Waals surface area contributed by atoms with Crippen LogP contribution < -0.4 is 10.6 Å². The molecule has 2 amide bonds. The van der Waals surface area contributed by atoms with Crippen LogP contribution in [0.3, 0.4) is 0 Å². The van der Waals surface area contributed by atoms with Crippen LogP contribution in [0.25, 0.3) is 0 Å². The molecule has 1 fully saturated rings. The van der Waals surface area contributed by atoms with Gasteiger partial charge >= 0.3 is 6.03 Å². The maximum Gasteiger partial charge on any atom is 0.319 e. The van der Waals surface area contributed by atoms with Gasteiger partial charge in [-0.05, 0) is 43.7 Å². The van der Waals surface area contributed by atoms with Gasteiger partial charge in [0.2, 0.25) is 0 Å². The fourth-order valence-corrected chi connectivity index (χ4v) is 2.68. The van der Waals surface area contributed by atoms with Crippen molar-refractivity contribution in [3.8, 4) is 0 Å². The summed E-state index contributed by atoms with van der Waals surface area (Å²) in [5.74, 6) is -1.56. The van der Waals surface area contributed by atoms with Gasteiger partial charge in [-0.25, -0.2) is 13.6 Å². The highest BCUT2D eigenvalue weighted by Gasteiger charge is 2.22. The molecule has 1 aliphatic rings. The molecule has 7 heteroatoms. The van der Waals surface area contributed by atoms with Crippen LogP contribution in [-0.2, 0) is 0 Å². The quantitative estimate of drug-likeness (QED) is 0.801. The molecule has 1 aliphatic carbocycles. The van der Waals surface area contributed by atoms with Crippen LogP contribution in [0.5, 0.6) is 0 Å². The molecular weight excluding hydrogens is 302 g/mol. The highest BCUT2D eigenvalue weighted by molar-refractivity contribution is 6.30. The van der Waals surface area contributed by atoms with Crippen LogP contribution >= 0.6 is 11.6 Å². The molecule has 0 unspecified atom stereocenters. The molecule has 0 aliphatic heterocycles. The summed E-state index contributed by atoms with van der Waals surface area (Å²) in [6.45, 7) is 0.153. The van der Waals surface area contributed by atoms with Crippen molar-refractivity contribution in [1.82, 2.24) is 5.32 Å². The lowest BCUT2D eigenvalue weighted by Gasteiger charge is -2.28. The summed E-state index contributed by atoms with van der Waals surface area (Å²) in [7, 11) is 0. The second kappa shape index (κ2) is 7.04. The van der Waals surface area contributed by atoms with Gasteiger partial charge in [-0.3, -0.25) is 0 Å². The first-order valence-electron chi connectivity index (χ1n) is 6.82. The van der Waals surface area contributed by atoms with E-state index in [0.717, 1.165) is 37.8 Å². The van der Waals surface area contributed by atoms with E-state index in [4.69, 9.17) is 16.7 Å². The molecule has 0 saturated heterocycles. The van der Waals surface area contributed by atoms with Gasteiger partial charge < -0.3 is 15.7 Å². The number of carbonyl (C=O) groups excluding carboxylic acids is 1. The van der Waals surface area contributed by atoms with Gasteiger partial charge in [-0.15, -0.1) is 0 Å². The Morgan fingerprint density at radius 1 is 1.24 bits per heavy atom. The van der Waals surface area contributed by atoms with Gasteiger partial charge in [-0.2, -0.15) is 0 Å². The van der Waals surface area contributed by atoms with Crippen LogP contribution in [0.15, 0.2) is 12.1 Å². The van der Waals surface area contributed by atoms with Crippen molar-refractivity contribution >= 4 is 23.3 Å². The Labute approximate surface area is 126 Å². The number of nitrogens with one attached hydrogen (secondary N) is 2. The minimum Gasteiger partial charge on any atom is -0.396 e. The van der Waals surface area contributed by atoms with Gasteiger partial charge in [0.1, 0.15) is 5.69 Å². The van der Waals surface area contributed by atoms with E-state index in [9.17, 15) is 13.6 Å². The molecule has 1 aromatic carbocycles. The third-order valence-corrected chi connectivity index (χ3v) is 3.90. The molecule has 0 heterocycles. The van der Waals surface area contributed by atoms with Crippen LogP contribution in [0.4, 0.5) is 19.3 Å². The average Bonchev–Trinajstić information content (AvgIpc) is 2.43. The summed E-state index contributed by atoms with van der Waals surface area (Å²) < 4.78 is 27.1. The molecular formula is C14H17ClF2N2O2.